The minimum absolute atomic E-state index is 0.0532. The minimum atomic E-state index is 0.0532. The number of carbonyl (C=O) groups is 1. The Hall–Kier alpha value is -2.83. The number of guanidine groups is 1. The average molecular weight is 411 g/mol. The first kappa shape index (κ1) is 21.9. The predicted octanol–water partition coefficient (Wildman–Crippen LogP) is 3.36. The maximum atomic E-state index is 12.0. The largest absolute Gasteiger partial charge is 0.357 e. The van der Waals surface area contributed by atoms with E-state index < -0.39 is 0 Å². The van der Waals surface area contributed by atoms with E-state index in [0.29, 0.717) is 24.8 Å². The molecular formula is C23H34N6O. The Bertz CT molecular complexity index is 872. The maximum absolute atomic E-state index is 12.0. The number of benzene rings is 1. The average Bonchev–Trinajstić information content (AvgIpc) is 3.34. The number of nitrogens with zero attached hydrogens (tertiary/aromatic N) is 4. The molecule has 1 saturated heterocycles. The first-order valence-electron chi connectivity index (χ1n) is 10.8. The lowest BCUT2D eigenvalue weighted by Crippen LogP contribution is -2.40. The zero-order valence-corrected chi connectivity index (χ0v) is 18.6. The molecule has 162 valence electrons. The van der Waals surface area contributed by atoms with Gasteiger partial charge in [-0.2, -0.15) is 5.10 Å². The molecule has 2 N–H and O–H groups in total. The summed E-state index contributed by atoms with van der Waals surface area (Å²) in [6.07, 6.45) is 5.71. The molecule has 7 nitrogen and oxygen atoms in total. The molecular weight excluding hydrogens is 376 g/mol. The predicted molar refractivity (Wildman–Crippen MR) is 121 cm³/mol. The fourth-order valence-corrected chi connectivity index (χ4v) is 3.80. The second-order valence-electron chi connectivity index (χ2n) is 8.40. The van der Waals surface area contributed by atoms with Crippen molar-refractivity contribution in [3.8, 4) is 0 Å². The van der Waals surface area contributed by atoms with E-state index >= 15 is 0 Å². The third-order valence-corrected chi connectivity index (χ3v) is 5.23. The van der Waals surface area contributed by atoms with Gasteiger partial charge in [0.1, 0.15) is 0 Å². The topological polar surface area (TPSA) is 74.6 Å². The van der Waals surface area contributed by atoms with Crippen molar-refractivity contribution in [3.05, 3.63) is 47.8 Å². The molecule has 2 heterocycles. The lowest BCUT2D eigenvalue weighted by atomic mass is 10.0. The molecule has 1 atom stereocenters. The third-order valence-electron chi connectivity index (χ3n) is 5.23. The number of aryl methyl sites for hydroxylation is 1. The van der Waals surface area contributed by atoms with Crippen molar-refractivity contribution in [2.75, 3.05) is 25.0 Å². The number of rotatable bonds is 7. The van der Waals surface area contributed by atoms with Crippen molar-refractivity contribution >= 4 is 17.6 Å². The van der Waals surface area contributed by atoms with Crippen molar-refractivity contribution in [3.63, 3.8) is 0 Å². The number of hydrogen-bond donors (Lipinski definition) is 2. The van der Waals surface area contributed by atoms with E-state index in [-0.39, 0.29) is 5.91 Å². The van der Waals surface area contributed by atoms with Gasteiger partial charge in [0.05, 0.1) is 12.7 Å². The molecule has 2 aromatic rings. The molecule has 3 rings (SSSR count). The molecule has 1 aliphatic rings. The summed E-state index contributed by atoms with van der Waals surface area (Å²) < 4.78 is 1.87. The molecule has 7 heteroatoms. The zero-order valence-electron chi connectivity index (χ0n) is 18.6. The quantitative estimate of drug-likeness (QED) is 0.542. The summed E-state index contributed by atoms with van der Waals surface area (Å²) in [6, 6.07) is 7.95. The normalized spacial score (nSPS) is 16.9. The van der Waals surface area contributed by atoms with Crippen LogP contribution in [0.2, 0.25) is 0 Å². The van der Waals surface area contributed by atoms with Crippen molar-refractivity contribution in [2.24, 2.45) is 18.0 Å². The summed E-state index contributed by atoms with van der Waals surface area (Å²) in [5, 5.41) is 10.7. The number of hydrogen-bond acceptors (Lipinski definition) is 3. The molecule has 1 aromatic carbocycles. The second-order valence-corrected chi connectivity index (χ2v) is 8.40. The number of aromatic nitrogens is 2. The lowest BCUT2D eigenvalue weighted by molar-refractivity contribution is -0.116. The van der Waals surface area contributed by atoms with E-state index in [1.165, 1.54) is 5.56 Å². The number of amides is 1. The van der Waals surface area contributed by atoms with Gasteiger partial charge in [-0.3, -0.25) is 9.48 Å². The van der Waals surface area contributed by atoms with Crippen LogP contribution in [0.1, 0.15) is 50.7 Å². The van der Waals surface area contributed by atoms with E-state index in [4.69, 9.17) is 4.99 Å². The summed E-state index contributed by atoms with van der Waals surface area (Å²) in [5.41, 5.74) is 3.20. The highest BCUT2D eigenvalue weighted by molar-refractivity contribution is 5.90. The summed E-state index contributed by atoms with van der Waals surface area (Å²) >= 11 is 0. The van der Waals surface area contributed by atoms with E-state index in [1.54, 1.807) is 0 Å². The highest BCUT2D eigenvalue weighted by Gasteiger charge is 2.26. The van der Waals surface area contributed by atoms with Crippen LogP contribution in [0.25, 0.3) is 0 Å². The van der Waals surface area contributed by atoms with Crippen molar-refractivity contribution in [2.45, 2.75) is 46.1 Å². The molecule has 1 fully saturated rings. The summed E-state index contributed by atoms with van der Waals surface area (Å²) in [4.78, 5) is 19.2. The van der Waals surface area contributed by atoms with Crippen molar-refractivity contribution < 1.29 is 4.79 Å². The highest BCUT2D eigenvalue weighted by atomic mass is 16.1. The molecule has 0 aliphatic carbocycles. The van der Waals surface area contributed by atoms with Crippen LogP contribution in [0, 0.1) is 5.92 Å². The third kappa shape index (κ3) is 6.08. The van der Waals surface area contributed by atoms with Crippen LogP contribution in [0.3, 0.4) is 0 Å². The van der Waals surface area contributed by atoms with E-state index in [0.717, 1.165) is 43.3 Å². The molecule has 30 heavy (non-hydrogen) atoms. The van der Waals surface area contributed by atoms with E-state index in [1.807, 2.05) is 56.0 Å². The van der Waals surface area contributed by atoms with Crippen molar-refractivity contribution in [1.29, 1.82) is 0 Å². The fraction of sp³-hybridized carbons (Fsp3) is 0.522. The molecule has 1 aromatic heterocycles. The van der Waals surface area contributed by atoms with Crippen LogP contribution in [0.4, 0.5) is 5.69 Å². The molecule has 0 radical (unpaired) electrons. The van der Waals surface area contributed by atoms with Crippen LogP contribution in [0.15, 0.2) is 41.7 Å². The Labute approximate surface area is 179 Å². The van der Waals surface area contributed by atoms with E-state index in [2.05, 4.69) is 33.8 Å². The number of likely N-dealkylation sites (tertiary alicyclic amines) is 1. The van der Waals surface area contributed by atoms with Gasteiger partial charge in [-0.05, 0) is 42.5 Å². The Morgan fingerprint density at radius 1 is 1.37 bits per heavy atom. The van der Waals surface area contributed by atoms with Gasteiger partial charge in [0.2, 0.25) is 5.91 Å². The summed E-state index contributed by atoms with van der Waals surface area (Å²) in [5.74, 6) is 1.83. The van der Waals surface area contributed by atoms with Gasteiger partial charge in [0.25, 0.3) is 0 Å². The molecule has 0 bridgehead atoms. The standard InChI is InChI=1S/C23H34N6O/c1-5-24-23(29-10-9-19(16-29)20-14-26-28(4)15-20)25-13-18-7-6-8-21(12-18)27-22(30)11-17(2)3/h6-8,12,14-15,17,19H,5,9-11,13,16H2,1-4H3,(H,24,25)(H,27,30). The van der Waals surface area contributed by atoms with Gasteiger partial charge in [0.15, 0.2) is 5.96 Å². The van der Waals surface area contributed by atoms with Gasteiger partial charge in [-0.1, -0.05) is 26.0 Å². The summed E-state index contributed by atoms with van der Waals surface area (Å²) in [6.45, 7) is 9.52. The van der Waals surface area contributed by atoms with Gasteiger partial charge in [-0.15, -0.1) is 0 Å². The number of anilines is 1. The SMILES string of the molecule is CCNC(=NCc1cccc(NC(=O)CC(C)C)c1)N1CCC(c2cnn(C)c2)C1. The Balaban J connectivity index is 1.63. The molecule has 1 amide bonds. The first-order chi connectivity index (χ1) is 14.4. The molecule has 1 aliphatic heterocycles. The maximum Gasteiger partial charge on any atom is 0.224 e. The molecule has 0 spiro atoms. The smallest absolute Gasteiger partial charge is 0.224 e. The zero-order chi connectivity index (χ0) is 21.5. The highest BCUT2D eigenvalue weighted by Crippen LogP contribution is 2.26. The van der Waals surface area contributed by atoms with Gasteiger partial charge < -0.3 is 15.5 Å². The fourth-order valence-electron chi connectivity index (χ4n) is 3.80. The Morgan fingerprint density at radius 3 is 2.90 bits per heavy atom. The Kier molecular flexibility index (Phi) is 7.49. The molecule has 0 saturated carbocycles. The van der Waals surface area contributed by atoms with Crippen LogP contribution < -0.4 is 10.6 Å². The lowest BCUT2D eigenvalue weighted by Gasteiger charge is -2.21. The van der Waals surface area contributed by atoms with Gasteiger partial charge in [-0.25, -0.2) is 4.99 Å². The monoisotopic (exact) mass is 410 g/mol. The first-order valence-corrected chi connectivity index (χ1v) is 10.8. The van der Waals surface area contributed by atoms with E-state index in [9.17, 15) is 4.79 Å². The van der Waals surface area contributed by atoms with Crippen LogP contribution >= 0.6 is 0 Å². The minimum Gasteiger partial charge on any atom is -0.357 e. The number of nitrogens with one attached hydrogen (secondary N) is 2. The number of aliphatic imine (C=N–C) groups is 1. The van der Waals surface area contributed by atoms with Crippen LogP contribution in [-0.4, -0.2) is 46.2 Å². The van der Waals surface area contributed by atoms with Gasteiger partial charge >= 0.3 is 0 Å². The van der Waals surface area contributed by atoms with Crippen LogP contribution in [0.5, 0.6) is 0 Å². The summed E-state index contributed by atoms with van der Waals surface area (Å²) in [7, 11) is 1.96. The van der Waals surface area contributed by atoms with Crippen molar-refractivity contribution in [1.82, 2.24) is 20.0 Å². The molecule has 1 unspecified atom stereocenters. The number of carbonyl (C=O) groups excluding carboxylic acids is 1. The second kappa shape index (κ2) is 10.3. The Morgan fingerprint density at radius 2 is 2.20 bits per heavy atom. The van der Waals surface area contributed by atoms with Gasteiger partial charge in [0, 0.05) is 50.9 Å². The van der Waals surface area contributed by atoms with Crippen LogP contribution in [-0.2, 0) is 18.4 Å².